The van der Waals surface area contributed by atoms with E-state index in [4.69, 9.17) is 0 Å². The van der Waals surface area contributed by atoms with E-state index in [-0.39, 0.29) is 12.6 Å². The van der Waals surface area contributed by atoms with Crippen LogP contribution in [0.5, 0.6) is 0 Å². The molecule has 1 atom stereocenters. The van der Waals surface area contributed by atoms with Gasteiger partial charge >= 0.3 is 0 Å². The van der Waals surface area contributed by atoms with E-state index >= 15 is 0 Å². The van der Waals surface area contributed by atoms with Crippen LogP contribution in [0.25, 0.3) is 0 Å². The van der Waals surface area contributed by atoms with Crippen LogP contribution in [0.3, 0.4) is 0 Å². The molecular weight excluding hydrogens is 322 g/mol. The van der Waals surface area contributed by atoms with Crippen molar-refractivity contribution in [1.82, 2.24) is 9.80 Å². The normalized spacial score (nSPS) is 19.2. The molecule has 0 spiro atoms. The van der Waals surface area contributed by atoms with Crippen LogP contribution in [-0.4, -0.2) is 47.2 Å². The van der Waals surface area contributed by atoms with Gasteiger partial charge in [0.2, 0.25) is 0 Å². The summed E-state index contributed by atoms with van der Waals surface area (Å²) in [5, 5.41) is 9.40. The van der Waals surface area contributed by atoms with E-state index in [0.29, 0.717) is 18.5 Å². The number of nitrogens with zero attached hydrogens (tertiary/aromatic N) is 2. The van der Waals surface area contributed by atoms with Crippen molar-refractivity contribution in [3.63, 3.8) is 0 Å². The van der Waals surface area contributed by atoms with E-state index in [9.17, 15) is 13.9 Å². The van der Waals surface area contributed by atoms with E-state index < -0.39 is 11.6 Å². The Kier molecular flexibility index (Phi) is 6.13. The van der Waals surface area contributed by atoms with E-state index in [1.54, 1.807) is 12.1 Å². The molecule has 1 aliphatic rings. The molecule has 134 valence electrons. The molecule has 0 radical (unpaired) electrons. The topological polar surface area (TPSA) is 26.7 Å². The number of benzene rings is 2. The summed E-state index contributed by atoms with van der Waals surface area (Å²) in [4.78, 5) is 4.50. The van der Waals surface area contributed by atoms with E-state index in [2.05, 4.69) is 21.9 Å². The van der Waals surface area contributed by atoms with E-state index in [0.717, 1.165) is 32.2 Å². The molecule has 0 unspecified atom stereocenters. The molecule has 1 aliphatic heterocycles. The van der Waals surface area contributed by atoms with E-state index in [1.807, 2.05) is 18.2 Å². The third-order valence-electron chi connectivity index (χ3n) is 4.81. The maximum Gasteiger partial charge on any atom is 0.163 e. The smallest absolute Gasteiger partial charge is 0.163 e. The molecule has 0 amide bonds. The SMILES string of the molecule is OCC[C@H]1CN(Cc2cccc(F)c2F)CCN1Cc1ccccc1. The molecule has 0 aromatic heterocycles. The van der Waals surface area contributed by atoms with Gasteiger partial charge in [-0.05, 0) is 18.1 Å². The molecule has 1 heterocycles. The Labute approximate surface area is 147 Å². The van der Waals surface area contributed by atoms with Crippen molar-refractivity contribution in [3.8, 4) is 0 Å². The summed E-state index contributed by atoms with van der Waals surface area (Å²) in [6.45, 7) is 3.74. The summed E-state index contributed by atoms with van der Waals surface area (Å²) < 4.78 is 27.3. The van der Waals surface area contributed by atoms with Crippen LogP contribution in [0.1, 0.15) is 17.5 Å². The minimum absolute atomic E-state index is 0.123. The zero-order chi connectivity index (χ0) is 17.6. The second-order valence-corrected chi connectivity index (χ2v) is 6.57. The molecule has 5 heteroatoms. The first-order valence-electron chi connectivity index (χ1n) is 8.71. The van der Waals surface area contributed by atoms with Gasteiger partial charge in [0.15, 0.2) is 11.6 Å². The van der Waals surface area contributed by atoms with Crippen molar-refractivity contribution in [1.29, 1.82) is 0 Å². The minimum Gasteiger partial charge on any atom is -0.396 e. The third-order valence-corrected chi connectivity index (χ3v) is 4.81. The highest BCUT2D eigenvalue weighted by atomic mass is 19.2. The predicted octanol–water partition coefficient (Wildman–Crippen LogP) is 3.03. The van der Waals surface area contributed by atoms with Gasteiger partial charge in [-0.1, -0.05) is 42.5 Å². The van der Waals surface area contributed by atoms with Gasteiger partial charge in [-0.25, -0.2) is 8.78 Å². The van der Waals surface area contributed by atoms with Crippen LogP contribution in [-0.2, 0) is 13.1 Å². The molecule has 1 N–H and O–H groups in total. The van der Waals surface area contributed by atoms with Crippen LogP contribution in [0, 0.1) is 11.6 Å². The number of hydrogen-bond donors (Lipinski definition) is 1. The number of piperazine rings is 1. The Hall–Kier alpha value is -1.82. The van der Waals surface area contributed by atoms with Gasteiger partial charge in [-0.15, -0.1) is 0 Å². The molecule has 0 aliphatic carbocycles. The Morgan fingerprint density at radius 3 is 2.52 bits per heavy atom. The second kappa shape index (κ2) is 8.52. The minimum atomic E-state index is -0.799. The fraction of sp³-hybridized carbons (Fsp3) is 0.400. The fourth-order valence-electron chi connectivity index (χ4n) is 3.46. The Morgan fingerprint density at radius 2 is 1.76 bits per heavy atom. The van der Waals surface area contributed by atoms with Gasteiger partial charge in [0, 0.05) is 50.9 Å². The Bertz CT molecular complexity index is 681. The maximum atomic E-state index is 13.9. The third kappa shape index (κ3) is 4.63. The fourth-order valence-corrected chi connectivity index (χ4v) is 3.46. The highest BCUT2D eigenvalue weighted by molar-refractivity contribution is 5.19. The molecule has 1 fully saturated rings. The summed E-state index contributed by atoms with van der Waals surface area (Å²) in [7, 11) is 0. The number of rotatable bonds is 6. The number of hydrogen-bond acceptors (Lipinski definition) is 3. The first-order valence-corrected chi connectivity index (χ1v) is 8.71. The molecule has 2 aromatic carbocycles. The Balaban J connectivity index is 1.65. The number of aliphatic hydroxyl groups excluding tert-OH is 1. The maximum absolute atomic E-state index is 13.9. The lowest BCUT2D eigenvalue weighted by Crippen LogP contribution is -2.52. The van der Waals surface area contributed by atoms with Gasteiger partial charge < -0.3 is 5.11 Å². The zero-order valence-electron chi connectivity index (χ0n) is 14.2. The summed E-state index contributed by atoms with van der Waals surface area (Å²) >= 11 is 0. The van der Waals surface area contributed by atoms with Gasteiger partial charge in [-0.3, -0.25) is 9.80 Å². The molecule has 0 saturated carbocycles. The van der Waals surface area contributed by atoms with Gasteiger partial charge in [0.25, 0.3) is 0 Å². The molecule has 1 saturated heterocycles. The van der Waals surface area contributed by atoms with Crippen LogP contribution < -0.4 is 0 Å². The summed E-state index contributed by atoms with van der Waals surface area (Å²) in [5.74, 6) is -1.56. The molecule has 2 aromatic rings. The highest BCUT2D eigenvalue weighted by Gasteiger charge is 2.27. The molecular formula is C20H24F2N2O. The monoisotopic (exact) mass is 346 g/mol. The second-order valence-electron chi connectivity index (χ2n) is 6.57. The average Bonchev–Trinajstić information content (AvgIpc) is 2.62. The largest absolute Gasteiger partial charge is 0.396 e. The molecule has 0 bridgehead atoms. The summed E-state index contributed by atoms with van der Waals surface area (Å²) in [6, 6.07) is 14.8. The quantitative estimate of drug-likeness (QED) is 0.871. The van der Waals surface area contributed by atoms with Crippen LogP contribution in [0.4, 0.5) is 8.78 Å². The predicted molar refractivity (Wildman–Crippen MR) is 94.0 cm³/mol. The van der Waals surface area contributed by atoms with Crippen molar-refractivity contribution >= 4 is 0 Å². The first kappa shape index (κ1) is 18.0. The first-order chi connectivity index (χ1) is 12.2. The van der Waals surface area contributed by atoms with Crippen molar-refractivity contribution in [2.45, 2.75) is 25.6 Å². The lowest BCUT2D eigenvalue weighted by Gasteiger charge is -2.41. The Morgan fingerprint density at radius 1 is 0.960 bits per heavy atom. The van der Waals surface area contributed by atoms with Crippen molar-refractivity contribution in [3.05, 3.63) is 71.3 Å². The summed E-state index contributed by atoms with van der Waals surface area (Å²) in [6.07, 6.45) is 0.676. The molecule has 3 rings (SSSR count). The van der Waals surface area contributed by atoms with Crippen LogP contribution >= 0.6 is 0 Å². The number of halogens is 2. The number of aliphatic hydroxyl groups is 1. The van der Waals surface area contributed by atoms with Gasteiger partial charge in [0.05, 0.1) is 0 Å². The van der Waals surface area contributed by atoms with Crippen molar-refractivity contribution < 1.29 is 13.9 Å². The van der Waals surface area contributed by atoms with Crippen LogP contribution in [0.15, 0.2) is 48.5 Å². The molecule has 3 nitrogen and oxygen atoms in total. The zero-order valence-corrected chi connectivity index (χ0v) is 14.2. The standard InChI is InChI=1S/C20H24F2N2O/c21-19-8-4-7-17(20(19)22)14-23-10-11-24(18(15-23)9-12-25)13-16-5-2-1-3-6-16/h1-8,18,25H,9-15H2/t18-/m0/s1. The van der Waals surface area contributed by atoms with E-state index in [1.165, 1.54) is 5.56 Å². The summed E-state index contributed by atoms with van der Waals surface area (Å²) in [5.41, 5.74) is 1.63. The molecule has 25 heavy (non-hydrogen) atoms. The average molecular weight is 346 g/mol. The van der Waals surface area contributed by atoms with Gasteiger partial charge in [0.1, 0.15) is 0 Å². The lowest BCUT2D eigenvalue weighted by molar-refractivity contribution is 0.0494. The van der Waals surface area contributed by atoms with Crippen molar-refractivity contribution in [2.24, 2.45) is 0 Å². The lowest BCUT2D eigenvalue weighted by atomic mass is 10.1. The van der Waals surface area contributed by atoms with Crippen molar-refractivity contribution in [2.75, 3.05) is 26.2 Å². The highest BCUT2D eigenvalue weighted by Crippen LogP contribution is 2.20. The van der Waals surface area contributed by atoms with Crippen LogP contribution in [0.2, 0.25) is 0 Å². The van der Waals surface area contributed by atoms with Gasteiger partial charge in [-0.2, -0.15) is 0 Å².